The van der Waals surface area contributed by atoms with Crippen LogP contribution in [0.5, 0.6) is 0 Å². The highest BCUT2D eigenvalue weighted by Crippen LogP contribution is 1.82. The average Bonchev–Trinajstić information content (AvgIpc) is 1.88. The number of nitrogens with two attached hydrogens (primary N) is 1. The standard InChI is InChI=1S/C7H10N2O/c1-3-4-9-5-6(2)7(8)10/h3-5H,2H2,1H3,(H2,8,10)/b4-3-,9-5-. The van der Waals surface area contributed by atoms with Gasteiger partial charge in [0.05, 0.1) is 5.57 Å². The quantitative estimate of drug-likeness (QED) is 0.451. The van der Waals surface area contributed by atoms with E-state index in [4.69, 9.17) is 5.73 Å². The molecule has 0 aromatic heterocycles. The van der Waals surface area contributed by atoms with Gasteiger partial charge in [0.2, 0.25) is 5.91 Å². The first-order chi connectivity index (χ1) is 4.68. The molecular weight excluding hydrogens is 128 g/mol. The molecule has 0 saturated carbocycles. The average molecular weight is 138 g/mol. The van der Waals surface area contributed by atoms with Crippen molar-refractivity contribution in [1.29, 1.82) is 0 Å². The van der Waals surface area contributed by atoms with Crippen molar-refractivity contribution in [2.75, 3.05) is 0 Å². The van der Waals surface area contributed by atoms with Crippen LogP contribution < -0.4 is 5.73 Å². The monoisotopic (exact) mass is 138 g/mol. The van der Waals surface area contributed by atoms with E-state index in [9.17, 15) is 4.79 Å². The molecule has 10 heavy (non-hydrogen) atoms. The largest absolute Gasteiger partial charge is 0.366 e. The number of hydrogen-bond donors (Lipinski definition) is 1. The Labute approximate surface area is 59.9 Å². The molecule has 0 aliphatic carbocycles. The third-order valence-electron chi connectivity index (χ3n) is 0.782. The molecule has 0 saturated heterocycles. The van der Waals surface area contributed by atoms with Gasteiger partial charge in [-0.05, 0) is 6.92 Å². The number of nitrogens with zero attached hydrogens (tertiary/aromatic N) is 1. The lowest BCUT2D eigenvalue weighted by Crippen LogP contribution is -2.13. The van der Waals surface area contributed by atoms with Crippen LogP contribution >= 0.6 is 0 Å². The molecule has 3 heteroatoms. The van der Waals surface area contributed by atoms with Crippen LogP contribution in [0.4, 0.5) is 0 Å². The number of amides is 1. The maximum atomic E-state index is 10.3. The smallest absolute Gasteiger partial charge is 0.249 e. The van der Waals surface area contributed by atoms with Gasteiger partial charge in [-0.25, -0.2) is 0 Å². The van der Waals surface area contributed by atoms with Crippen molar-refractivity contribution in [1.82, 2.24) is 0 Å². The van der Waals surface area contributed by atoms with E-state index in [2.05, 4.69) is 11.6 Å². The summed E-state index contributed by atoms with van der Waals surface area (Å²) in [6.07, 6.45) is 4.61. The molecule has 0 aliphatic rings. The van der Waals surface area contributed by atoms with Crippen LogP contribution in [0.2, 0.25) is 0 Å². The Hall–Kier alpha value is -1.38. The zero-order chi connectivity index (χ0) is 7.98. The Morgan fingerprint density at radius 1 is 1.70 bits per heavy atom. The highest BCUT2D eigenvalue weighted by Gasteiger charge is 1.93. The van der Waals surface area contributed by atoms with Gasteiger partial charge in [0.15, 0.2) is 0 Å². The summed E-state index contributed by atoms with van der Waals surface area (Å²) in [5, 5.41) is 0. The molecule has 0 aliphatic heterocycles. The van der Waals surface area contributed by atoms with Crippen LogP contribution in [0, 0.1) is 0 Å². The van der Waals surface area contributed by atoms with Crippen molar-refractivity contribution in [3.63, 3.8) is 0 Å². The van der Waals surface area contributed by atoms with Gasteiger partial charge in [0.25, 0.3) is 0 Å². The van der Waals surface area contributed by atoms with E-state index in [0.29, 0.717) is 0 Å². The van der Waals surface area contributed by atoms with Gasteiger partial charge in [-0.15, -0.1) is 0 Å². The number of carbonyl (C=O) groups is 1. The fourth-order valence-electron chi connectivity index (χ4n) is 0.283. The van der Waals surface area contributed by atoms with E-state index in [0.717, 1.165) is 0 Å². The van der Waals surface area contributed by atoms with E-state index < -0.39 is 5.91 Å². The van der Waals surface area contributed by atoms with Crippen LogP contribution in [-0.2, 0) is 4.79 Å². The molecule has 2 N–H and O–H groups in total. The number of aliphatic imine (C=N–C) groups is 1. The third kappa shape index (κ3) is 3.60. The Bertz CT molecular complexity index is 192. The summed E-state index contributed by atoms with van der Waals surface area (Å²) < 4.78 is 0. The van der Waals surface area contributed by atoms with Gasteiger partial charge >= 0.3 is 0 Å². The van der Waals surface area contributed by atoms with Crippen molar-refractivity contribution in [3.8, 4) is 0 Å². The lowest BCUT2D eigenvalue weighted by molar-refractivity contribution is -0.114. The number of primary amides is 1. The maximum Gasteiger partial charge on any atom is 0.249 e. The van der Waals surface area contributed by atoms with Crippen LogP contribution in [0.25, 0.3) is 0 Å². The minimum Gasteiger partial charge on any atom is -0.366 e. The molecule has 0 bridgehead atoms. The van der Waals surface area contributed by atoms with E-state index in [1.165, 1.54) is 6.21 Å². The first kappa shape index (κ1) is 8.62. The SMILES string of the molecule is C=C(/C=N\C=C/C)C(N)=O. The lowest BCUT2D eigenvalue weighted by atomic mass is 10.3. The fourth-order valence-corrected chi connectivity index (χ4v) is 0.283. The van der Waals surface area contributed by atoms with Crippen LogP contribution in [0.15, 0.2) is 29.4 Å². The summed E-state index contributed by atoms with van der Waals surface area (Å²) in [6.45, 7) is 5.19. The molecule has 0 radical (unpaired) electrons. The van der Waals surface area contributed by atoms with Gasteiger partial charge < -0.3 is 5.73 Å². The predicted molar refractivity (Wildman–Crippen MR) is 41.6 cm³/mol. The molecule has 0 spiro atoms. The van der Waals surface area contributed by atoms with E-state index in [-0.39, 0.29) is 5.57 Å². The van der Waals surface area contributed by atoms with Crippen molar-refractivity contribution < 1.29 is 4.79 Å². The van der Waals surface area contributed by atoms with Crippen molar-refractivity contribution >= 4 is 12.1 Å². The Balaban J connectivity index is 3.90. The minimum absolute atomic E-state index is 0.207. The molecule has 0 heterocycles. The zero-order valence-electron chi connectivity index (χ0n) is 5.87. The second-order valence-corrected chi connectivity index (χ2v) is 1.65. The maximum absolute atomic E-state index is 10.3. The summed E-state index contributed by atoms with van der Waals surface area (Å²) in [6, 6.07) is 0. The first-order valence-corrected chi connectivity index (χ1v) is 2.81. The molecular formula is C7H10N2O. The summed E-state index contributed by atoms with van der Waals surface area (Å²) in [5.41, 5.74) is 5.07. The van der Waals surface area contributed by atoms with Crippen molar-refractivity contribution in [2.45, 2.75) is 6.92 Å². The number of carbonyl (C=O) groups excluding carboxylic acids is 1. The number of rotatable bonds is 3. The summed E-state index contributed by atoms with van der Waals surface area (Å²) >= 11 is 0. The highest BCUT2D eigenvalue weighted by atomic mass is 16.1. The molecule has 0 unspecified atom stereocenters. The fraction of sp³-hybridized carbons (Fsp3) is 0.143. The van der Waals surface area contributed by atoms with Crippen LogP contribution in [0.3, 0.4) is 0 Å². The van der Waals surface area contributed by atoms with Gasteiger partial charge in [0, 0.05) is 12.4 Å². The molecule has 1 amide bonds. The van der Waals surface area contributed by atoms with Crippen LogP contribution in [-0.4, -0.2) is 12.1 Å². The molecule has 3 nitrogen and oxygen atoms in total. The summed E-state index contributed by atoms with van der Waals surface area (Å²) in [7, 11) is 0. The van der Waals surface area contributed by atoms with E-state index in [1.807, 2.05) is 6.92 Å². The molecule has 0 rings (SSSR count). The Kier molecular flexibility index (Phi) is 3.87. The Morgan fingerprint density at radius 2 is 2.30 bits per heavy atom. The highest BCUT2D eigenvalue weighted by molar-refractivity contribution is 6.10. The van der Waals surface area contributed by atoms with Crippen LogP contribution in [0.1, 0.15) is 6.92 Å². The van der Waals surface area contributed by atoms with Gasteiger partial charge in [-0.1, -0.05) is 12.7 Å². The molecule has 0 atom stereocenters. The lowest BCUT2D eigenvalue weighted by Gasteiger charge is -1.86. The first-order valence-electron chi connectivity index (χ1n) is 2.81. The van der Waals surface area contributed by atoms with Gasteiger partial charge in [-0.3, -0.25) is 9.79 Å². The minimum atomic E-state index is -0.548. The van der Waals surface area contributed by atoms with E-state index >= 15 is 0 Å². The van der Waals surface area contributed by atoms with Gasteiger partial charge in [-0.2, -0.15) is 0 Å². The molecule has 54 valence electrons. The predicted octanol–water partition coefficient (Wildman–Crippen LogP) is 0.632. The van der Waals surface area contributed by atoms with Crippen molar-refractivity contribution in [3.05, 3.63) is 24.4 Å². The summed E-state index contributed by atoms with van der Waals surface area (Å²) in [5.74, 6) is -0.548. The normalized spacial score (nSPS) is 10.9. The van der Waals surface area contributed by atoms with Gasteiger partial charge in [0.1, 0.15) is 0 Å². The number of hydrogen-bond acceptors (Lipinski definition) is 2. The summed E-state index contributed by atoms with van der Waals surface area (Å²) in [4.78, 5) is 14.0. The third-order valence-corrected chi connectivity index (χ3v) is 0.782. The molecule has 0 aromatic carbocycles. The van der Waals surface area contributed by atoms with Crippen molar-refractivity contribution in [2.24, 2.45) is 10.7 Å². The number of allylic oxidation sites excluding steroid dienone is 1. The Morgan fingerprint density at radius 3 is 2.70 bits per heavy atom. The second kappa shape index (κ2) is 4.49. The zero-order valence-corrected chi connectivity index (χ0v) is 5.87. The second-order valence-electron chi connectivity index (χ2n) is 1.65. The molecule has 0 aromatic rings. The molecule has 0 fully saturated rings. The van der Waals surface area contributed by atoms with E-state index in [1.54, 1.807) is 12.3 Å². The topological polar surface area (TPSA) is 55.4 Å².